The van der Waals surface area contributed by atoms with Crippen LogP contribution < -0.4 is 9.64 Å². The van der Waals surface area contributed by atoms with E-state index in [1.54, 1.807) is 13.3 Å². The van der Waals surface area contributed by atoms with Gasteiger partial charge in [-0.15, -0.1) is 0 Å². The zero-order valence-electron chi connectivity index (χ0n) is 11.4. The Morgan fingerprint density at radius 2 is 2.17 bits per heavy atom. The maximum atomic E-state index is 5.21. The first-order valence-corrected chi connectivity index (χ1v) is 7.02. The Hall–Kier alpha value is -0.840. The van der Waals surface area contributed by atoms with Crippen LogP contribution in [-0.2, 0) is 0 Å². The second-order valence-electron chi connectivity index (χ2n) is 5.82. The van der Waals surface area contributed by atoms with E-state index in [1.807, 2.05) is 0 Å². The molecular formula is C13H20BrN3O. The quantitative estimate of drug-likeness (QED) is 0.841. The van der Waals surface area contributed by atoms with Crippen molar-refractivity contribution in [1.82, 2.24) is 9.97 Å². The van der Waals surface area contributed by atoms with E-state index in [2.05, 4.69) is 51.6 Å². The molecule has 0 aliphatic carbocycles. The van der Waals surface area contributed by atoms with Crippen LogP contribution in [-0.4, -0.2) is 30.2 Å². The molecule has 0 amide bonds. The third-order valence-corrected chi connectivity index (χ3v) is 4.13. The van der Waals surface area contributed by atoms with Gasteiger partial charge in [-0.2, -0.15) is 4.98 Å². The van der Waals surface area contributed by atoms with Gasteiger partial charge in [0.05, 0.1) is 17.8 Å². The molecule has 0 spiro atoms. The van der Waals surface area contributed by atoms with Crippen molar-refractivity contribution in [3.05, 3.63) is 10.7 Å². The number of anilines is 1. The van der Waals surface area contributed by atoms with E-state index < -0.39 is 0 Å². The minimum absolute atomic E-state index is 0.341. The molecule has 0 N–H and O–H groups in total. The van der Waals surface area contributed by atoms with Crippen LogP contribution in [0.15, 0.2) is 10.7 Å². The van der Waals surface area contributed by atoms with Crippen molar-refractivity contribution in [2.24, 2.45) is 11.3 Å². The van der Waals surface area contributed by atoms with Crippen molar-refractivity contribution in [2.75, 3.05) is 25.1 Å². The summed E-state index contributed by atoms with van der Waals surface area (Å²) in [6.45, 7) is 8.93. The molecule has 2 heterocycles. The first-order valence-electron chi connectivity index (χ1n) is 6.23. The minimum atomic E-state index is 0.341. The highest BCUT2D eigenvalue weighted by Gasteiger charge is 2.32. The van der Waals surface area contributed by atoms with Gasteiger partial charge in [-0.25, -0.2) is 4.98 Å². The minimum Gasteiger partial charge on any atom is -0.480 e. The molecular weight excluding hydrogens is 294 g/mol. The third-order valence-electron chi connectivity index (χ3n) is 3.59. The highest BCUT2D eigenvalue weighted by Crippen LogP contribution is 2.35. The van der Waals surface area contributed by atoms with Crippen LogP contribution in [0.1, 0.15) is 27.2 Å². The van der Waals surface area contributed by atoms with Crippen molar-refractivity contribution in [2.45, 2.75) is 27.2 Å². The monoisotopic (exact) mass is 313 g/mol. The second-order valence-corrected chi connectivity index (χ2v) is 6.68. The van der Waals surface area contributed by atoms with Crippen LogP contribution in [0.2, 0.25) is 0 Å². The zero-order valence-corrected chi connectivity index (χ0v) is 13.0. The third kappa shape index (κ3) is 2.76. The zero-order chi connectivity index (χ0) is 13.3. The Labute approximate surface area is 117 Å². The van der Waals surface area contributed by atoms with Gasteiger partial charge in [0.25, 0.3) is 0 Å². The maximum Gasteiger partial charge on any atom is 0.232 e. The molecule has 0 aromatic carbocycles. The largest absolute Gasteiger partial charge is 0.480 e. The lowest BCUT2D eigenvalue weighted by Crippen LogP contribution is -2.27. The molecule has 1 aliphatic heterocycles. The van der Waals surface area contributed by atoms with Gasteiger partial charge >= 0.3 is 0 Å². The first kappa shape index (κ1) is 13.6. The summed E-state index contributed by atoms with van der Waals surface area (Å²) in [5.74, 6) is 2.05. The lowest BCUT2D eigenvalue weighted by molar-refractivity contribution is 0.263. The average molecular weight is 314 g/mol. The number of ether oxygens (including phenoxy) is 1. The molecule has 1 saturated heterocycles. The molecule has 4 nitrogen and oxygen atoms in total. The van der Waals surface area contributed by atoms with Crippen LogP contribution in [0.4, 0.5) is 5.95 Å². The molecule has 1 atom stereocenters. The number of methoxy groups -OCH3 is 1. The van der Waals surface area contributed by atoms with E-state index >= 15 is 0 Å². The van der Waals surface area contributed by atoms with Gasteiger partial charge in [0, 0.05) is 13.1 Å². The fraction of sp³-hybridized carbons (Fsp3) is 0.692. The predicted octanol–water partition coefficient (Wildman–Crippen LogP) is 3.12. The highest BCUT2D eigenvalue weighted by atomic mass is 79.9. The Morgan fingerprint density at radius 1 is 1.44 bits per heavy atom. The molecule has 1 aromatic heterocycles. The number of halogens is 1. The maximum absolute atomic E-state index is 5.21. The smallest absolute Gasteiger partial charge is 0.232 e. The average Bonchev–Trinajstić information content (AvgIpc) is 2.78. The normalized spacial score (nSPS) is 20.3. The van der Waals surface area contributed by atoms with Gasteiger partial charge < -0.3 is 9.64 Å². The Kier molecular flexibility index (Phi) is 3.80. The van der Waals surface area contributed by atoms with Crippen molar-refractivity contribution in [1.29, 1.82) is 0 Å². The topological polar surface area (TPSA) is 38.2 Å². The van der Waals surface area contributed by atoms with Crippen LogP contribution in [0, 0.1) is 11.3 Å². The molecule has 0 saturated carbocycles. The van der Waals surface area contributed by atoms with Gasteiger partial charge in [-0.1, -0.05) is 20.8 Å². The number of aromatic nitrogens is 2. The summed E-state index contributed by atoms with van der Waals surface area (Å²) in [5, 5.41) is 0. The molecule has 2 rings (SSSR count). The molecule has 18 heavy (non-hydrogen) atoms. The summed E-state index contributed by atoms with van der Waals surface area (Å²) in [6.07, 6.45) is 2.96. The lowest BCUT2D eigenvalue weighted by Gasteiger charge is -2.27. The van der Waals surface area contributed by atoms with Crippen molar-refractivity contribution in [3.63, 3.8) is 0 Å². The fourth-order valence-electron chi connectivity index (χ4n) is 2.29. The summed E-state index contributed by atoms with van der Waals surface area (Å²) in [5.41, 5.74) is 0.341. The Balaban J connectivity index is 2.14. The lowest BCUT2D eigenvalue weighted by atomic mass is 9.80. The summed E-state index contributed by atoms with van der Waals surface area (Å²) >= 11 is 3.37. The summed E-state index contributed by atoms with van der Waals surface area (Å²) in [7, 11) is 1.62. The number of nitrogens with zero attached hydrogens (tertiary/aromatic N) is 3. The summed E-state index contributed by atoms with van der Waals surface area (Å²) in [6, 6.07) is 0. The molecule has 100 valence electrons. The summed E-state index contributed by atoms with van der Waals surface area (Å²) in [4.78, 5) is 11.0. The van der Waals surface area contributed by atoms with E-state index in [9.17, 15) is 0 Å². The number of rotatable bonds is 2. The van der Waals surface area contributed by atoms with Gasteiger partial charge in [0.2, 0.25) is 11.8 Å². The van der Waals surface area contributed by atoms with E-state index in [-0.39, 0.29) is 0 Å². The van der Waals surface area contributed by atoms with E-state index in [0.29, 0.717) is 17.2 Å². The van der Waals surface area contributed by atoms with E-state index in [1.165, 1.54) is 6.42 Å². The van der Waals surface area contributed by atoms with Gasteiger partial charge in [-0.3, -0.25) is 0 Å². The number of hydrogen-bond acceptors (Lipinski definition) is 4. The molecule has 1 aliphatic rings. The van der Waals surface area contributed by atoms with E-state index in [0.717, 1.165) is 23.5 Å². The molecule has 1 aromatic rings. The summed E-state index contributed by atoms with van der Waals surface area (Å²) < 4.78 is 6.01. The highest BCUT2D eigenvalue weighted by molar-refractivity contribution is 9.10. The molecule has 1 unspecified atom stereocenters. The SMILES string of the molecule is COc1nc(N2CCC(C(C)(C)C)C2)ncc1Br. The van der Waals surface area contributed by atoms with Gasteiger partial charge in [0.15, 0.2) is 0 Å². The molecule has 5 heteroatoms. The van der Waals surface area contributed by atoms with Crippen LogP contribution >= 0.6 is 15.9 Å². The Morgan fingerprint density at radius 3 is 2.72 bits per heavy atom. The number of hydrogen-bond donors (Lipinski definition) is 0. The molecule has 0 radical (unpaired) electrons. The first-order chi connectivity index (χ1) is 8.41. The second kappa shape index (κ2) is 5.03. The van der Waals surface area contributed by atoms with Crippen LogP contribution in [0.3, 0.4) is 0 Å². The van der Waals surface area contributed by atoms with Crippen molar-refractivity contribution >= 4 is 21.9 Å². The predicted molar refractivity (Wildman–Crippen MR) is 76.1 cm³/mol. The van der Waals surface area contributed by atoms with Crippen LogP contribution in [0.5, 0.6) is 5.88 Å². The van der Waals surface area contributed by atoms with Crippen molar-refractivity contribution in [3.8, 4) is 5.88 Å². The van der Waals surface area contributed by atoms with Crippen molar-refractivity contribution < 1.29 is 4.74 Å². The fourth-order valence-corrected chi connectivity index (χ4v) is 2.64. The van der Waals surface area contributed by atoms with Gasteiger partial charge in [-0.05, 0) is 33.7 Å². The molecule has 1 fully saturated rings. The Bertz CT molecular complexity index is 431. The van der Waals surface area contributed by atoms with Crippen LogP contribution in [0.25, 0.3) is 0 Å². The van der Waals surface area contributed by atoms with E-state index in [4.69, 9.17) is 4.74 Å². The standard InChI is InChI=1S/C13H20BrN3O/c1-13(2,3)9-5-6-17(8-9)12-15-7-10(14)11(16-12)18-4/h7,9H,5-6,8H2,1-4H3. The van der Waals surface area contributed by atoms with Gasteiger partial charge in [0.1, 0.15) is 0 Å². The molecule has 0 bridgehead atoms.